The van der Waals surface area contributed by atoms with Crippen molar-refractivity contribution in [2.75, 3.05) is 18.4 Å². The number of hydrogen-bond acceptors (Lipinski definition) is 4. The van der Waals surface area contributed by atoms with E-state index in [1.54, 1.807) is 12.1 Å². The van der Waals surface area contributed by atoms with E-state index in [4.69, 9.17) is 10.2 Å². The van der Waals surface area contributed by atoms with E-state index < -0.39 is 30.6 Å². The summed E-state index contributed by atoms with van der Waals surface area (Å²) in [5.74, 6) is -2.26. The van der Waals surface area contributed by atoms with Crippen LogP contribution in [0.3, 0.4) is 0 Å². The first-order valence-electron chi connectivity index (χ1n) is 8.85. The molecule has 10 nitrogen and oxygen atoms in total. The number of aryl methyl sites for hydroxylation is 1. The van der Waals surface area contributed by atoms with Crippen LogP contribution in [0.1, 0.15) is 31.2 Å². The Kier molecular flexibility index (Phi) is 9.87. The predicted molar refractivity (Wildman–Crippen MR) is 102 cm³/mol. The average molecular weight is 394 g/mol. The van der Waals surface area contributed by atoms with Gasteiger partial charge in [0.25, 0.3) is 0 Å². The topological polar surface area (TPSA) is 157 Å². The molecular formula is C18H26N4O6. The molecule has 0 aromatic heterocycles. The Labute approximate surface area is 162 Å². The van der Waals surface area contributed by atoms with Crippen molar-refractivity contribution in [3.63, 3.8) is 0 Å². The highest BCUT2D eigenvalue weighted by Gasteiger charge is 2.16. The number of nitrogens with one attached hydrogen (secondary N) is 4. The van der Waals surface area contributed by atoms with Gasteiger partial charge >= 0.3 is 24.0 Å². The quantitative estimate of drug-likeness (QED) is 0.312. The molecule has 0 aliphatic carbocycles. The highest BCUT2D eigenvalue weighted by atomic mass is 16.4. The summed E-state index contributed by atoms with van der Waals surface area (Å²) in [5, 5.41) is 27.4. The van der Waals surface area contributed by atoms with Crippen LogP contribution < -0.4 is 21.3 Å². The van der Waals surface area contributed by atoms with Crippen molar-refractivity contribution in [3.8, 4) is 0 Å². The predicted octanol–water partition coefficient (Wildman–Crippen LogP) is 1.51. The minimum absolute atomic E-state index is 0.276. The van der Waals surface area contributed by atoms with Crippen molar-refractivity contribution < 1.29 is 29.4 Å². The zero-order valence-corrected chi connectivity index (χ0v) is 15.7. The third kappa shape index (κ3) is 10.6. The van der Waals surface area contributed by atoms with Crippen molar-refractivity contribution in [2.24, 2.45) is 0 Å². The first-order chi connectivity index (χ1) is 13.3. The van der Waals surface area contributed by atoms with Crippen LogP contribution in [0.15, 0.2) is 24.3 Å². The van der Waals surface area contributed by atoms with Gasteiger partial charge in [-0.3, -0.25) is 9.59 Å². The number of anilines is 1. The van der Waals surface area contributed by atoms with E-state index in [1.165, 1.54) is 0 Å². The summed E-state index contributed by atoms with van der Waals surface area (Å²) >= 11 is 0. The molecule has 4 amide bonds. The normalized spacial score (nSPS) is 11.2. The van der Waals surface area contributed by atoms with Crippen molar-refractivity contribution >= 4 is 29.7 Å². The Hall–Kier alpha value is -3.30. The molecule has 0 aliphatic rings. The van der Waals surface area contributed by atoms with Gasteiger partial charge in [0.1, 0.15) is 6.54 Å². The summed E-state index contributed by atoms with van der Waals surface area (Å²) in [7, 11) is 0. The molecule has 6 N–H and O–H groups in total. The van der Waals surface area contributed by atoms with Gasteiger partial charge in [-0.1, -0.05) is 17.7 Å². The van der Waals surface area contributed by atoms with Gasteiger partial charge in [-0.2, -0.15) is 0 Å². The van der Waals surface area contributed by atoms with Gasteiger partial charge in [0.15, 0.2) is 0 Å². The lowest BCUT2D eigenvalue weighted by Gasteiger charge is -2.17. The number of carboxylic acid groups (broad SMARTS) is 2. The van der Waals surface area contributed by atoms with Crippen LogP contribution in [0.5, 0.6) is 0 Å². The van der Waals surface area contributed by atoms with Crippen LogP contribution in [0.4, 0.5) is 15.3 Å². The molecule has 154 valence electrons. The van der Waals surface area contributed by atoms with E-state index in [0.717, 1.165) is 5.56 Å². The van der Waals surface area contributed by atoms with Gasteiger partial charge in [0, 0.05) is 18.3 Å². The highest BCUT2D eigenvalue weighted by molar-refractivity contribution is 5.89. The number of carboxylic acids is 2. The fraction of sp³-hybridized carbons (Fsp3) is 0.444. The molecule has 0 fully saturated rings. The highest BCUT2D eigenvalue weighted by Crippen LogP contribution is 2.08. The van der Waals surface area contributed by atoms with E-state index in [1.807, 2.05) is 19.1 Å². The molecule has 1 rings (SSSR count). The van der Waals surface area contributed by atoms with E-state index in [2.05, 4.69) is 21.3 Å². The number of carbonyl (C=O) groups excluding carboxylic acids is 2. The van der Waals surface area contributed by atoms with E-state index in [0.29, 0.717) is 31.5 Å². The molecule has 1 aromatic rings. The number of rotatable bonds is 11. The molecule has 1 atom stereocenters. The van der Waals surface area contributed by atoms with Gasteiger partial charge in [-0.05, 0) is 38.3 Å². The SMILES string of the molecule is Cc1ccc(NC(=O)NCCCCC(CC(=O)O)NC(=O)NCC(=O)O)cc1. The van der Waals surface area contributed by atoms with Gasteiger partial charge in [0.05, 0.1) is 6.42 Å². The third-order valence-corrected chi connectivity index (χ3v) is 3.73. The summed E-state index contributed by atoms with van der Waals surface area (Å²) < 4.78 is 0. The van der Waals surface area contributed by atoms with Crippen LogP contribution >= 0.6 is 0 Å². The molecule has 1 unspecified atom stereocenters. The monoisotopic (exact) mass is 394 g/mol. The number of urea groups is 2. The average Bonchev–Trinajstić information content (AvgIpc) is 2.61. The number of carbonyl (C=O) groups is 4. The fourth-order valence-corrected chi connectivity index (χ4v) is 2.36. The lowest BCUT2D eigenvalue weighted by molar-refractivity contribution is -0.138. The Morgan fingerprint density at radius 1 is 0.929 bits per heavy atom. The van der Waals surface area contributed by atoms with E-state index in [9.17, 15) is 19.2 Å². The molecule has 0 bridgehead atoms. The van der Waals surface area contributed by atoms with E-state index >= 15 is 0 Å². The molecule has 0 saturated carbocycles. The maximum absolute atomic E-state index is 11.8. The summed E-state index contributed by atoms with van der Waals surface area (Å²) in [6.45, 7) is 1.79. The number of aliphatic carboxylic acids is 2. The summed E-state index contributed by atoms with van der Waals surface area (Å²) in [4.78, 5) is 44.7. The number of amides is 4. The van der Waals surface area contributed by atoms with Crippen molar-refractivity contribution in [1.82, 2.24) is 16.0 Å². The first-order valence-corrected chi connectivity index (χ1v) is 8.85. The van der Waals surface area contributed by atoms with Crippen LogP contribution in [-0.4, -0.2) is 53.3 Å². The molecule has 1 aromatic carbocycles. The number of unbranched alkanes of at least 4 members (excludes halogenated alkanes) is 1. The van der Waals surface area contributed by atoms with Gasteiger partial charge < -0.3 is 31.5 Å². The summed E-state index contributed by atoms with van der Waals surface area (Å²) in [6, 6.07) is 5.67. The smallest absolute Gasteiger partial charge is 0.323 e. The molecule has 0 spiro atoms. The van der Waals surface area contributed by atoms with Crippen molar-refractivity contribution in [1.29, 1.82) is 0 Å². The van der Waals surface area contributed by atoms with E-state index in [-0.39, 0.29) is 12.5 Å². The van der Waals surface area contributed by atoms with Gasteiger partial charge in [-0.25, -0.2) is 9.59 Å². The minimum Gasteiger partial charge on any atom is -0.481 e. The first kappa shape index (κ1) is 22.7. The van der Waals surface area contributed by atoms with Crippen molar-refractivity contribution in [2.45, 2.75) is 38.6 Å². The Morgan fingerprint density at radius 3 is 2.21 bits per heavy atom. The maximum atomic E-state index is 11.8. The fourth-order valence-electron chi connectivity index (χ4n) is 2.36. The lowest BCUT2D eigenvalue weighted by Crippen LogP contribution is -2.44. The Balaban J connectivity index is 2.27. The molecule has 0 aliphatic heterocycles. The zero-order valence-electron chi connectivity index (χ0n) is 15.7. The van der Waals surface area contributed by atoms with Crippen LogP contribution in [-0.2, 0) is 9.59 Å². The molecule has 0 saturated heterocycles. The number of benzene rings is 1. The Morgan fingerprint density at radius 2 is 1.61 bits per heavy atom. The van der Waals surface area contributed by atoms with Crippen LogP contribution in [0.25, 0.3) is 0 Å². The second-order valence-electron chi connectivity index (χ2n) is 6.26. The Bertz CT molecular complexity index is 677. The molecule has 10 heteroatoms. The standard InChI is InChI=1S/C18H26N4O6/c1-12-5-7-13(8-6-12)21-17(27)19-9-3-2-4-14(10-15(23)24)22-18(28)20-11-16(25)26/h5-8,14H,2-4,9-11H2,1H3,(H,23,24)(H,25,26)(H2,19,21,27)(H2,20,22,28). The number of hydrogen-bond donors (Lipinski definition) is 6. The summed E-state index contributed by atoms with van der Waals surface area (Å²) in [5.41, 5.74) is 1.77. The van der Waals surface area contributed by atoms with Gasteiger partial charge in [-0.15, -0.1) is 0 Å². The second-order valence-corrected chi connectivity index (χ2v) is 6.26. The van der Waals surface area contributed by atoms with Crippen molar-refractivity contribution in [3.05, 3.63) is 29.8 Å². The van der Waals surface area contributed by atoms with Crippen LogP contribution in [0, 0.1) is 6.92 Å². The largest absolute Gasteiger partial charge is 0.481 e. The van der Waals surface area contributed by atoms with Crippen LogP contribution in [0.2, 0.25) is 0 Å². The minimum atomic E-state index is -1.19. The lowest BCUT2D eigenvalue weighted by atomic mass is 10.1. The second kappa shape index (κ2) is 12.2. The molecule has 0 heterocycles. The maximum Gasteiger partial charge on any atom is 0.323 e. The summed E-state index contributed by atoms with van der Waals surface area (Å²) in [6.07, 6.45) is 1.27. The van der Waals surface area contributed by atoms with Gasteiger partial charge in [0.2, 0.25) is 0 Å². The molecular weight excluding hydrogens is 368 g/mol. The molecule has 28 heavy (non-hydrogen) atoms. The molecule has 0 radical (unpaired) electrons. The third-order valence-electron chi connectivity index (χ3n) is 3.73. The zero-order chi connectivity index (χ0) is 20.9.